The van der Waals surface area contributed by atoms with Crippen molar-refractivity contribution in [2.45, 2.75) is 18.9 Å². The van der Waals surface area contributed by atoms with E-state index in [9.17, 15) is 4.79 Å². The van der Waals surface area contributed by atoms with Crippen LogP contribution in [-0.2, 0) is 0 Å². The van der Waals surface area contributed by atoms with Gasteiger partial charge in [-0.1, -0.05) is 18.2 Å². The van der Waals surface area contributed by atoms with Gasteiger partial charge in [-0.05, 0) is 49.4 Å². The van der Waals surface area contributed by atoms with Crippen molar-refractivity contribution in [2.75, 3.05) is 25.4 Å². The lowest BCUT2D eigenvalue weighted by Gasteiger charge is -2.45. The van der Waals surface area contributed by atoms with Crippen molar-refractivity contribution in [3.05, 3.63) is 40.7 Å². The van der Waals surface area contributed by atoms with Crippen LogP contribution in [0.3, 0.4) is 0 Å². The highest BCUT2D eigenvalue weighted by Crippen LogP contribution is 2.36. The van der Waals surface area contributed by atoms with Crippen molar-refractivity contribution in [3.8, 4) is 0 Å². The summed E-state index contributed by atoms with van der Waals surface area (Å²) in [5.41, 5.74) is 6.26. The molecule has 3 saturated heterocycles. The monoisotopic (exact) mass is 269 g/mol. The van der Waals surface area contributed by atoms with Gasteiger partial charge in [0, 0.05) is 11.9 Å². The predicted octanol–water partition coefficient (Wildman–Crippen LogP) is 1.85. The van der Waals surface area contributed by atoms with Crippen molar-refractivity contribution in [3.63, 3.8) is 0 Å². The molecule has 1 unspecified atom stereocenters. The topological polar surface area (TPSA) is 51.3 Å². The van der Waals surface area contributed by atoms with Crippen LogP contribution in [0.1, 0.15) is 18.9 Å². The quantitative estimate of drug-likeness (QED) is 0.859. The van der Waals surface area contributed by atoms with Crippen LogP contribution in [0, 0.1) is 5.92 Å². The molecule has 1 aromatic carbocycles. The summed E-state index contributed by atoms with van der Waals surface area (Å²) in [6.07, 6.45) is 2.37. The lowest BCUT2D eigenvalue weighted by atomic mass is 9.83. The van der Waals surface area contributed by atoms with Gasteiger partial charge in [0.1, 0.15) is 5.82 Å². The first kappa shape index (κ1) is 12.0. The normalized spacial score (nSPS) is 28.9. The summed E-state index contributed by atoms with van der Waals surface area (Å²) in [4.78, 5) is 15.2. The predicted molar refractivity (Wildman–Crippen MR) is 80.8 cm³/mol. The Morgan fingerprint density at radius 2 is 1.90 bits per heavy atom. The molecule has 3 fully saturated rings. The number of nitrogens with zero attached hydrogens (tertiary/aromatic N) is 2. The minimum Gasteiger partial charge on any atom is -0.385 e. The minimum atomic E-state index is 0.0688. The lowest BCUT2D eigenvalue weighted by Crippen LogP contribution is -2.50. The van der Waals surface area contributed by atoms with E-state index in [2.05, 4.69) is 4.90 Å². The number of hydrogen-bond donors (Lipinski definition) is 1. The van der Waals surface area contributed by atoms with Crippen LogP contribution in [0.5, 0.6) is 0 Å². The molecule has 2 bridgehead atoms. The maximum Gasteiger partial charge on any atom is 0.260 e. The van der Waals surface area contributed by atoms with Crippen LogP contribution >= 0.6 is 0 Å². The summed E-state index contributed by atoms with van der Waals surface area (Å²) in [7, 11) is 0. The molecule has 20 heavy (non-hydrogen) atoms. The molecule has 1 atom stereocenters. The van der Waals surface area contributed by atoms with Crippen molar-refractivity contribution in [1.82, 2.24) is 9.47 Å². The van der Waals surface area contributed by atoms with E-state index >= 15 is 0 Å². The first-order valence-corrected chi connectivity index (χ1v) is 7.36. The van der Waals surface area contributed by atoms with E-state index in [1.807, 2.05) is 34.9 Å². The fourth-order valence-corrected chi connectivity index (χ4v) is 3.86. The van der Waals surface area contributed by atoms with Gasteiger partial charge < -0.3 is 10.6 Å². The Balaban J connectivity index is 1.89. The number of hydrogen-bond acceptors (Lipinski definition) is 3. The summed E-state index contributed by atoms with van der Waals surface area (Å²) < 4.78 is 1.85. The molecular formula is C16H19N3O. The highest BCUT2D eigenvalue weighted by molar-refractivity contribution is 5.83. The van der Waals surface area contributed by atoms with Gasteiger partial charge in [-0.2, -0.15) is 0 Å². The van der Waals surface area contributed by atoms with Gasteiger partial charge in [-0.3, -0.25) is 9.36 Å². The SMILES string of the molecule is Nc1cc2ccccc2c(=O)n1C1CN2CCC1CC2. The van der Waals surface area contributed by atoms with Crippen LogP contribution in [0.4, 0.5) is 5.82 Å². The third kappa shape index (κ3) is 1.68. The van der Waals surface area contributed by atoms with E-state index in [0.717, 1.165) is 17.3 Å². The van der Waals surface area contributed by atoms with E-state index in [-0.39, 0.29) is 11.6 Å². The fourth-order valence-electron chi connectivity index (χ4n) is 3.86. The number of fused-ring (bicyclic) bond motifs is 4. The van der Waals surface area contributed by atoms with Gasteiger partial charge in [0.15, 0.2) is 0 Å². The molecule has 4 nitrogen and oxygen atoms in total. The van der Waals surface area contributed by atoms with Crippen molar-refractivity contribution < 1.29 is 0 Å². The van der Waals surface area contributed by atoms with Gasteiger partial charge in [0.25, 0.3) is 5.56 Å². The van der Waals surface area contributed by atoms with Crippen LogP contribution in [-0.4, -0.2) is 29.1 Å². The summed E-state index contributed by atoms with van der Waals surface area (Å²) in [6.45, 7) is 3.31. The Labute approximate surface area is 117 Å². The average molecular weight is 269 g/mol. The van der Waals surface area contributed by atoms with E-state index in [1.165, 1.54) is 25.9 Å². The van der Waals surface area contributed by atoms with Crippen molar-refractivity contribution >= 4 is 16.6 Å². The van der Waals surface area contributed by atoms with E-state index in [0.29, 0.717) is 11.7 Å². The highest BCUT2D eigenvalue weighted by Gasteiger charge is 2.36. The van der Waals surface area contributed by atoms with Crippen LogP contribution in [0.25, 0.3) is 10.8 Å². The molecule has 0 radical (unpaired) electrons. The van der Waals surface area contributed by atoms with Crippen LogP contribution in [0.2, 0.25) is 0 Å². The number of benzene rings is 1. The largest absolute Gasteiger partial charge is 0.385 e. The number of pyridine rings is 1. The number of piperidine rings is 3. The van der Waals surface area contributed by atoms with Gasteiger partial charge >= 0.3 is 0 Å². The molecule has 3 aliphatic rings. The molecule has 4 heterocycles. The zero-order chi connectivity index (χ0) is 13.7. The summed E-state index contributed by atoms with van der Waals surface area (Å²) in [5, 5.41) is 1.71. The molecular weight excluding hydrogens is 250 g/mol. The lowest BCUT2D eigenvalue weighted by molar-refractivity contribution is 0.0567. The van der Waals surface area contributed by atoms with Crippen molar-refractivity contribution in [1.29, 1.82) is 0 Å². The zero-order valence-corrected chi connectivity index (χ0v) is 11.5. The summed E-state index contributed by atoms with van der Waals surface area (Å²) in [5.74, 6) is 1.20. The average Bonchev–Trinajstić information content (AvgIpc) is 2.48. The Morgan fingerprint density at radius 1 is 1.15 bits per heavy atom. The maximum atomic E-state index is 12.8. The number of nitrogens with two attached hydrogens (primary N) is 1. The summed E-state index contributed by atoms with van der Waals surface area (Å²) >= 11 is 0. The molecule has 0 saturated carbocycles. The fraction of sp³-hybridized carbons (Fsp3) is 0.438. The molecule has 104 valence electrons. The molecule has 3 aliphatic heterocycles. The second-order valence-corrected chi connectivity index (χ2v) is 6.04. The van der Waals surface area contributed by atoms with Gasteiger partial charge in [-0.25, -0.2) is 0 Å². The first-order chi connectivity index (χ1) is 9.74. The van der Waals surface area contributed by atoms with E-state index in [1.54, 1.807) is 0 Å². The van der Waals surface area contributed by atoms with Gasteiger partial charge in [0.2, 0.25) is 0 Å². The zero-order valence-electron chi connectivity index (χ0n) is 11.5. The van der Waals surface area contributed by atoms with Crippen molar-refractivity contribution in [2.24, 2.45) is 5.92 Å². The number of nitrogen functional groups attached to an aromatic ring is 1. The molecule has 4 heteroatoms. The molecule has 2 aromatic rings. The highest BCUT2D eigenvalue weighted by atomic mass is 16.1. The molecule has 0 aliphatic carbocycles. The Kier molecular flexibility index (Phi) is 2.60. The molecule has 2 N–H and O–H groups in total. The van der Waals surface area contributed by atoms with Crippen LogP contribution in [0.15, 0.2) is 35.1 Å². The Morgan fingerprint density at radius 3 is 2.60 bits per heavy atom. The second-order valence-electron chi connectivity index (χ2n) is 6.04. The Hall–Kier alpha value is -1.81. The van der Waals surface area contributed by atoms with Gasteiger partial charge in [0.05, 0.1) is 6.04 Å². The van der Waals surface area contributed by atoms with Gasteiger partial charge in [-0.15, -0.1) is 0 Å². The smallest absolute Gasteiger partial charge is 0.260 e. The third-order valence-electron chi connectivity index (χ3n) is 4.94. The first-order valence-electron chi connectivity index (χ1n) is 7.36. The number of aromatic nitrogens is 1. The van der Waals surface area contributed by atoms with Crippen LogP contribution < -0.4 is 11.3 Å². The third-order valence-corrected chi connectivity index (χ3v) is 4.94. The molecule has 5 rings (SSSR count). The standard InChI is InChI=1S/C16H19N3O/c17-15-9-12-3-1-2-4-13(12)16(20)19(15)14-10-18-7-5-11(14)6-8-18/h1-4,9,11,14H,5-8,10,17H2. The number of anilines is 1. The number of rotatable bonds is 1. The Bertz CT molecular complexity index is 713. The summed E-state index contributed by atoms with van der Waals surface area (Å²) in [6, 6.07) is 9.90. The maximum absolute atomic E-state index is 12.8. The second kappa shape index (κ2) is 4.35. The van der Waals surface area contributed by atoms with E-state index in [4.69, 9.17) is 5.73 Å². The minimum absolute atomic E-state index is 0.0688. The molecule has 0 amide bonds. The molecule has 1 aromatic heterocycles. The van der Waals surface area contributed by atoms with E-state index < -0.39 is 0 Å². The molecule has 0 spiro atoms.